The molecule has 2 heterocycles. The maximum Gasteiger partial charge on any atom is 0.329 e. The molecule has 0 fully saturated rings. The zero-order chi connectivity index (χ0) is 18.7. The Labute approximate surface area is 148 Å². The minimum absolute atomic E-state index is 0.108. The van der Waals surface area contributed by atoms with Crippen molar-refractivity contribution < 1.29 is 5.11 Å². The van der Waals surface area contributed by atoms with Crippen molar-refractivity contribution in [2.24, 2.45) is 12.1 Å². The summed E-state index contributed by atoms with van der Waals surface area (Å²) in [5, 5.41) is 13.9. The number of rotatable bonds is 6. The molecule has 0 bridgehead atoms. The third-order valence-corrected chi connectivity index (χ3v) is 4.05. The highest BCUT2D eigenvalue weighted by Crippen LogP contribution is 2.17. The summed E-state index contributed by atoms with van der Waals surface area (Å²) in [6.07, 6.45) is 3.23. The highest BCUT2D eigenvalue weighted by molar-refractivity contribution is 5.83. The summed E-state index contributed by atoms with van der Waals surface area (Å²) in [5.41, 5.74) is 2.95. The number of nitrogens with one attached hydrogen (secondary N) is 2. The van der Waals surface area contributed by atoms with Gasteiger partial charge in [0.25, 0.3) is 5.56 Å². The molecule has 2 aromatic heterocycles. The number of phenols is 1. The van der Waals surface area contributed by atoms with Gasteiger partial charge in [-0.3, -0.25) is 14.3 Å². The molecule has 0 amide bonds. The van der Waals surface area contributed by atoms with Crippen LogP contribution in [0.4, 0.5) is 5.95 Å². The number of anilines is 1. The van der Waals surface area contributed by atoms with Gasteiger partial charge in [0.15, 0.2) is 11.2 Å². The minimum atomic E-state index is -0.521. The number of fused-ring (bicyclic) bond motifs is 1. The number of hydrogen-bond donors (Lipinski definition) is 3. The molecule has 0 saturated carbocycles. The molecule has 0 atom stereocenters. The number of phenolic OH excluding ortho intramolecular Hbond substituents is 1. The van der Waals surface area contributed by atoms with Gasteiger partial charge >= 0.3 is 5.69 Å². The summed E-state index contributed by atoms with van der Waals surface area (Å²) in [5.74, 6) is 0.461. The Balaban J connectivity index is 2.03. The van der Waals surface area contributed by atoms with Crippen LogP contribution < -0.4 is 16.7 Å². The molecule has 0 aliphatic carbocycles. The molecule has 0 saturated heterocycles. The van der Waals surface area contributed by atoms with E-state index in [2.05, 4.69) is 20.5 Å². The lowest BCUT2D eigenvalue weighted by molar-refractivity contribution is 0.474. The van der Waals surface area contributed by atoms with E-state index in [1.54, 1.807) is 35.9 Å². The van der Waals surface area contributed by atoms with E-state index >= 15 is 0 Å². The van der Waals surface area contributed by atoms with Crippen LogP contribution in [0.3, 0.4) is 0 Å². The Morgan fingerprint density at radius 2 is 2.12 bits per heavy atom. The second-order valence-electron chi connectivity index (χ2n) is 5.86. The smallest absolute Gasteiger partial charge is 0.329 e. The molecule has 0 aliphatic rings. The van der Waals surface area contributed by atoms with Gasteiger partial charge in [-0.05, 0) is 18.6 Å². The topological polar surface area (TPSA) is 117 Å². The third kappa shape index (κ3) is 3.23. The standard InChI is InChI=1S/C17H20N6O3/c1-3-4-9-23-13-14(22(2)17(26)20-15(13)25)19-16(23)21-18-10-11-7-5-6-8-12(11)24/h5-8,10,24H,3-4,9H2,1-2H3,(H,19,21)(H,20,25,26). The maximum absolute atomic E-state index is 12.3. The number of aromatic nitrogens is 4. The number of para-hydroxylation sites is 1. The Morgan fingerprint density at radius 3 is 2.85 bits per heavy atom. The lowest BCUT2D eigenvalue weighted by Crippen LogP contribution is -2.29. The average Bonchev–Trinajstić information content (AvgIpc) is 2.99. The van der Waals surface area contributed by atoms with Crippen LogP contribution in [0.1, 0.15) is 25.3 Å². The molecule has 0 aliphatic heterocycles. The number of unbranched alkanes of at least 4 members (excludes halogenated alkanes) is 1. The molecule has 0 unspecified atom stereocenters. The summed E-state index contributed by atoms with van der Waals surface area (Å²) in [7, 11) is 1.55. The second-order valence-corrected chi connectivity index (χ2v) is 5.86. The zero-order valence-electron chi connectivity index (χ0n) is 14.6. The SMILES string of the molecule is CCCCn1c(NN=Cc2ccccc2O)nc2c1c(=O)[nH]c(=O)n2C. The van der Waals surface area contributed by atoms with Crippen molar-refractivity contribution in [3.8, 4) is 5.75 Å². The van der Waals surface area contributed by atoms with Crippen molar-refractivity contribution >= 4 is 23.3 Å². The third-order valence-electron chi connectivity index (χ3n) is 4.05. The summed E-state index contributed by atoms with van der Waals surface area (Å²) in [6.45, 7) is 2.60. The Kier molecular flexibility index (Phi) is 4.87. The minimum Gasteiger partial charge on any atom is -0.507 e. The summed E-state index contributed by atoms with van der Waals surface area (Å²) < 4.78 is 3.00. The fraction of sp³-hybridized carbons (Fsp3) is 0.294. The number of hydrazone groups is 1. The first kappa shape index (κ1) is 17.5. The van der Waals surface area contributed by atoms with E-state index in [0.717, 1.165) is 12.8 Å². The van der Waals surface area contributed by atoms with Crippen molar-refractivity contribution in [1.82, 2.24) is 19.1 Å². The lowest BCUT2D eigenvalue weighted by atomic mass is 10.2. The van der Waals surface area contributed by atoms with Gasteiger partial charge in [-0.15, -0.1) is 0 Å². The van der Waals surface area contributed by atoms with E-state index in [1.807, 2.05) is 6.92 Å². The van der Waals surface area contributed by atoms with Crippen molar-refractivity contribution in [3.05, 3.63) is 50.7 Å². The van der Waals surface area contributed by atoms with E-state index in [1.165, 1.54) is 10.8 Å². The normalized spacial score (nSPS) is 11.5. The molecule has 3 N–H and O–H groups in total. The zero-order valence-corrected chi connectivity index (χ0v) is 14.6. The maximum atomic E-state index is 12.3. The summed E-state index contributed by atoms with van der Waals surface area (Å²) in [6, 6.07) is 6.78. The number of imidazole rings is 1. The molecule has 0 radical (unpaired) electrons. The summed E-state index contributed by atoms with van der Waals surface area (Å²) >= 11 is 0. The van der Waals surface area contributed by atoms with E-state index in [4.69, 9.17) is 0 Å². The van der Waals surface area contributed by atoms with Gasteiger partial charge in [0.1, 0.15) is 5.75 Å². The van der Waals surface area contributed by atoms with Gasteiger partial charge in [-0.2, -0.15) is 10.1 Å². The molecular weight excluding hydrogens is 336 g/mol. The van der Waals surface area contributed by atoms with Crippen LogP contribution in [0, 0.1) is 0 Å². The van der Waals surface area contributed by atoms with Gasteiger partial charge in [-0.1, -0.05) is 25.5 Å². The largest absolute Gasteiger partial charge is 0.507 e. The number of aryl methyl sites for hydroxylation is 2. The molecule has 136 valence electrons. The predicted octanol–water partition coefficient (Wildman–Crippen LogP) is 1.37. The van der Waals surface area contributed by atoms with Gasteiger partial charge in [0.05, 0.1) is 6.21 Å². The van der Waals surface area contributed by atoms with Crippen LogP contribution in [-0.4, -0.2) is 30.4 Å². The van der Waals surface area contributed by atoms with E-state index < -0.39 is 11.2 Å². The van der Waals surface area contributed by atoms with Crippen molar-refractivity contribution in [1.29, 1.82) is 0 Å². The highest BCUT2D eigenvalue weighted by Gasteiger charge is 2.16. The first-order valence-electron chi connectivity index (χ1n) is 8.29. The summed E-state index contributed by atoms with van der Waals surface area (Å²) in [4.78, 5) is 30.7. The number of aromatic hydroxyl groups is 1. The number of aromatic amines is 1. The number of benzene rings is 1. The lowest BCUT2D eigenvalue weighted by Gasteiger charge is -2.07. The van der Waals surface area contributed by atoms with Gasteiger partial charge in [0, 0.05) is 19.2 Å². The van der Waals surface area contributed by atoms with Crippen molar-refractivity contribution in [2.45, 2.75) is 26.3 Å². The molecule has 9 heteroatoms. The van der Waals surface area contributed by atoms with Crippen LogP contribution in [0.15, 0.2) is 39.0 Å². The van der Waals surface area contributed by atoms with Gasteiger partial charge in [0.2, 0.25) is 5.95 Å². The molecule has 3 aromatic rings. The Hall–Kier alpha value is -3.36. The van der Waals surface area contributed by atoms with E-state index in [0.29, 0.717) is 23.6 Å². The first-order chi connectivity index (χ1) is 12.5. The van der Waals surface area contributed by atoms with Gasteiger partial charge < -0.3 is 9.67 Å². The van der Waals surface area contributed by atoms with Crippen LogP contribution in [-0.2, 0) is 13.6 Å². The molecule has 3 rings (SSSR count). The average molecular weight is 356 g/mol. The molecular formula is C17H20N6O3. The number of H-pyrrole nitrogens is 1. The molecule has 9 nitrogen and oxygen atoms in total. The number of nitrogens with zero attached hydrogens (tertiary/aromatic N) is 4. The van der Waals surface area contributed by atoms with Gasteiger partial charge in [-0.25, -0.2) is 10.2 Å². The van der Waals surface area contributed by atoms with Crippen molar-refractivity contribution in [2.75, 3.05) is 5.43 Å². The molecule has 1 aromatic carbocycles. The monoisotopic (exact) mass is 356 g/mol. The van der Waals surface area contributed by atoms with Crippen LogP contribution >= 0.6 is 0 Å². The Bertz CT molecular complexity index is 1080. The van der Waals surface area contributed by atoms with Crippen LogP contribution in [0.2, 0.25) is 0 Å². The quantitative estimate of drug-likeness (QED) is 0.455. The number of hydrogen-bond acceptors (Lipinski definition) is 6. The van der Waals surface area contributed by atoms with Crippen LogP contribution in [0.5, 0.6) is 5.75 Å². The predicted molar refractivity (Wildman–Crippen MR) is 99.8 cm³/mol. The second kappa shape index (κ2) is 7.26. The Morgan fingerprint density at radius 1 is 1.35 bits per heavy atom. The van der Waals surface area contributed by atoms with Crippen LogP contribution in [0.25, 0.3) is 11.2 Å². The highest BCUT2D eigenvalue weighted by atomic mass is 16.3. The van der Waals surface area contributed by atoms with Crippen molar-refractivity contribution in [3.63, 3.8) is 0 Å². The molecule has 26 heavy (non-hydrogen) atoms. The first-order valence-corrected chi connectivity index (χ1v) is 8.29. The van der Waals surface area contributed by atoms with E-state index in [-0.39, 0.29) is 11.4 Å². The fourth-order valence-corrected chi connectivity index (χ4v) is 2.61. The molecule has 0 spiro atoms. The fourth-order valence-electron chi connectivity index (χ4n) is 2.61. The van der Waals surface area contributed by atoms with E-state index in [9.17, 15) is 14.7 Å².